The molecule has 2 N–H and O–H groups in total. The van der Waals surface area contributed by atoms with Crippen molar-refractivity contribution in [1.29, 1.82) is 0 Å². The Balaban J connectivity index is 1.51. The maximum Gasteiger partial charge on any atom is 0.315 e. The summed E-state index contributed by atoms with van der Waals surface area (Å²) >= 11 is 0. The summed E-state index contributed by atoms with van der Waals surface area (Å²) < 4.78 is 5.86. The van der Waals surface area contributed by atoms with Crippen LogP contribution in [0, 0.1) is 0 Å². The first-order valence-corrected chi connectivity index (χ1v) is 8.27. The minimum Gasteiger partial charge on any atom is -0.481 e. The summed E-state index contributed by atoms with van der Waals surface area (Å²) in [6.45, 7) is 1.80. The second-order valence-electron chi connectivity index (χ2n) is 6.45. The van der Waals surface area contributed by atoms with Gasteiger partial charge in [0.2, 0.25) is 0 Å². The van der Waals surface area contributed by atoms with E-state index in [0.29, 0.717) is 19.5 Å². The predicted octanol–water partition coefficient (Wildman–Crippen LogP) is 2.90. The lowest BCUT2D eigenvalue weighted by Crippen LogP contribution is -2.38. The van der Waals surface area contributed by atoms with Crippen molar-refractivity contribution in [2.45, 2.75) is 18.4 Å². The number of nitrogens with one attached hydrogen (secondary N) is 1. The average Bonchev–Trinajstić information content (AvgIpc) is 3.37. The first kappa shape index (κ1) is 15.7. The Morgan fingerprint density at radius 1 is 1.24 bits per heavy atom. The fraction of sp³-hybridized carbons (Fsp3) is 0.263. The van der Waals surface area contributed by atoms with Crippen molar-refractivity contribution in [1.82, 2.24) is 15.1 Å². The second-order valence-corrected chi connectivity index (χ2v) is 6.45. The van der Waals surface area contributed by atoms with E-state index in [4.69, 9.17) is 4.42 Å². The average molecular weight is 337 g/mol. The van der Waals surface area contributed by atoms with Crippen LogP contribution in [0.3, 0.4) is 0 Å². The normalized spacial score (nSPS) is 20.8. The fourth-order valence-electron chi connectivity index (χ4n) is 3.54. The van der Waals surface area contributed by atoms with Crippen LogP contribution in [0.2, 0.25) is 0 Å². The van der Waals surface area contributed by atoms with Crippen molar-refractivity contribution >= 4 is 5.97 Å². The van der Waals surface area contributed by atoms with Crippen LogP contribution in [0.5, 0.6) is 0 Å². The van der Waals surface area contributed by atoms with E-state index >= 15 is 0 Å². The molecule has 1 unspecified atom stereocenters. The van der Waals surface area contributed by atoms with Crippen molar-refractivity contribution in [2.75, 3.05) is 13.1 Å². The number of carboxylic acid groups (broad SMARTS) is 1. The Hall–Kier alpha value is -2.86. The molecule has 128 valence electrons. The van der Waals surface area contributed by atoms with E-state index in [1.807, 2.05) is 48.5 Å². The molecule has 0 bridgehead atoms. The number of aliphatic carboxylic acids is 1. The Morgan fingerprint density at radius 2 is 2.08 bits per heavy atom. The van der Waals surface area contributed by atoms with Crippen molar-refractivity contribution in [3.8, 4) is 11.5 Å². The minimum atomic E-state index is -0.847. The zero-order chi connectivity index (χ0) is 17.3. The van der Waals surface area contributed by atoms with Gasteiger partial charge < -0.3 is 9.52 Å². The highest BCUT2D eigenvalue weighted by Gasteiger charge is 2.46. The topological polar surface area (TPSA) is 82.4 Å². The van der Waals surface area contributed by atoms with E-state index in [9.17, 15) is 9.90 Å². The molecule has 3 heterocycles. The van der Waals surface area contributed by atoms with E-state index < -0.39 is 11.4 Å². The van der Waals surface area contributed by atoms with Crippen LogP contribution in [0.1, 0.15) is 17.7 Å². The van der Waals surface area contributed by atoms with Crippen molar-refractivity contribution < 1.29 is 14.3 Å². The molecule has 2 aromatic heterocycles. The molecule has 1 saturated heterocycles. The molecule has 0 radical (unpaired) electrons. The third-order valence-electron chi connectivity index (χ3n) is 4.89. The lowest BCUT2D eigenvalue weighted by Gasteiger charge is -2.25. The monoisotopic (exact) mass is 337 g/mol. The molecule has 6 nitrogen and oxygen atoms in total. The molecule has 1 aromatic carbocycles. The molecule has 1 atom stereocenters. The van der Waals surface area contributed by atoms with Crippen molar-refractivity contribution in [3.63, 3.8) is 0 Å². The smallest absolute Gasteiger partial charge is 0.315 e. The summed E-state index contributed by atoms with van der Waals surface area (Å²) in [6, 6.07) is 15.2. The number of nitrogens with zero attached hydrogens (tertiary/aromatic N) is 2. The first-order valence-electron chi connectivity index (χ1n) is 8.27. The van der Waals surface area contributed by atoms with Gasteiger partial charge in [0.05, 0.1) is 6.54 Å². The standard InChI is InChI=1S/C19H19N3O3/c23-18(24)19(14-4-2-1-3-5-14)9-11-22(13-19)12-15-6-7-17(25-15)16-8-10-20-21-16/h1-8,10H,9,11-13H2,(H,20,21)(H,23,24). The predicted molar refractivity (Wildman–Crippen MR) is 91.9 cm³/mol. The molecule has 1 aliphatic rings. The summed E-state index contributed by atoms with van der Waals surface area (Å²) in [5.41, 5.74) is 0.847. The summed E-state index contributed by atoms with van der Waals surface area (Å²) in [5, 5.41) is 16.7. The number of carbonyl (C=O) groups is 1. The van der Waals surface area contributed by atoms with Crippen LogP contribution in [0.15, 0.2) is 59.1 Å². The van der Waals surface area contributed by atoms with Crippen molar-refractivity contribution in [3.05, 3.63) is 66.1 Å². The summed E-state index contributed by atoms with van der Waals surface area (Å²) in [4.78, 5) is 14.2. The zero-order valence-corrected chi connectivity index (χ0v) is 13.7. The van der Waals surface area contributed by atoms with Gasteiger partial charge >= 0.3 is 5.97 Å². The Bertz CT molecular complexity index is 857. The molecule has 3 aromatic rings. The molecule has 0 amide bonds. The summed E-state index contributed by atoms with van der Waals surface area (Å²) in [7, 11) is 0. The second kappa shape index (κ2) is 6.22. The van der Waals surface area contributed by atoms with E-state index in [1.165, 1.54) is 0 Å². The maximum atomic E-state index is 12.0. The molecule has 1 aliphatic heterocycles. The van der Waals surface area contributed by atoms with Gasteiger partial charge in [-0.15, -0.1) is 0 Å². The van der Waals surface area contributed by atoms with Crippen LogP contribution >= 0.6 is 0 Å². The molecule has 6 heteroatoms. The highest BCUT2D eigenvalue weighted by Crippen LogP contribution is 2.36. The van der Waals surface area contributed by atoms with Gasteiger partial charge in [-0.1, -0.05) is 30.3 Å². The van der Waals surface area contributed by atoms with Gasteiger partial charge in [-0.3, -0.25) is 14.8 Å². The first-order chi connectivity index (χ1) is 12.2. The van der Waals surface area contributed by atoms with E-state index in [2.05, 4.69) is 15.1 Å². The summed E-state index contributed by atoms with van der Waals surface area (Å²) in [5.74, 6) is 0.789. The van der Waals surface area contributed by atoms with E-state index in [-0.39, 0.29) is 0 Å². The van der Waals surface area contributed by atoms with Crippen LogP contribution < -0.4 is 0 Å². The molecule has 25 heavy (non-hydrogen) atoms. The third-order valence-corrected chi connectivity index (χ3v) is 4.89. The van der Waals surface area contributed by atoms with Gasteiger partial charge in [-0.05, 0) is 30.2 Å². The van der Waals surface area contributed by atoms with Gasteiger partial charge in [-0.2, -0.15) is 5.10 Å². The molecule has 0 aliphatic carbocycles. The van der Waals surface area contributed by atoms with Crippen LogP contribution in [0.4, 0.5) is 0 Å². The molecule has 0 saturated carbocycles. The van der Waals surface area contributed by atoms with Crippen LogP contribution in [0.25, 0.3) is 11.5 Å². The minimum absolute atomic E-state index is 0.479. The highest BCUT2D eigenvalue weighted by molar-refractivity contribution is 5.82. The highest BCUT2D eigenvalue weighted by atomic mass is 16.4. The molecular weight excluding hydrogens is 318 g/mol. The number of carboxylic acids is 1. The number of rotatable bonds is 5. The van der Waals surface area contributed by atoms with Gasteiger partial charge in [-0.25, -0.2) is 0 Å². The summed E-state index contributed by atoms with van der Waals surface area (Å²) in [6.07, 6.45) is 2.28. The van der Waals surface area contributed by atoms with Gasteiger partial charge in [0.15, 0.2) is 5.76 Å². The molecule has 0 spiro atoms. The third kappa shape index (κ3) is 2.85. The maximum absolute atomic E-state index is 12.0. The van der Waals surface area contributed by atoms with E-state index in [1.54, 1.807) is 6.20 Å². The van der Waals surface area contributed by atoms with Crippen molar-refractivity contribution in [2.24, 2.45) is 0 Å². The number of hydrogen-bond acceptors (Lipinski definition) is 4. The Kier molecular flexibility index (Phi) is 3.89. The number of likely N-dealkylation sites (tertiary alicyclic amines) is 1. The van der Waals surface area contributed by atoms with E-state index in [0.717, 1.165) is 29.3 Å². The van der Waals surface area contributed by atoms with Crippen LogP contribution in [-0.4, -0.2) is 39.3 Å². The Labute approximate surface area is 145 Å². The number of hydrogen-bond donors (Lipinski definition) is 2. The lowest BCUT2D eigenvalue weighted by molar-refractivity contribution is -0.143. The number of aromatic nitrogens is 2. The van der Waals surface area contributed by atoms with Gasteiger partial charge in [0.25, 0.3) is 0 Å². The zero-order valence-electron chi connectivity index (χ0n) is 13.7. The number of furan rings is 1. The SMILES string of the molecule is O=C(O)C1(c2ccccc2)CCN(Cc2ccc(-c3ccn[nH]3)o2)C1. The molecular formula is C19H19N3O3. The molecule has 4 rings (SSSR count). The van der Waals surface area contributed by atoms with Gasteiger partial charge in [0.1, 0.15) is 16.9 Å². The number of aromatic amines is 1. The Morgan fingerprint density at radius 3 is 2.80 bits per heavy atom. The largest absolute Gasteiger partial charge is 0.481 e. The quantitative estimate of drug-likeness (QED) is 0.748. The van der Waals surface area contributed by atoms with Gasteiger partial charge in [0, 0.05) is 19.3 Å². The molecule has 1 fully saturated rings. The fourth-order valence-corrected chi connectivity index (χ4v) is 3.54. The lowest BCUT2D eigenvalue weighted by atomic mass is 9.80. The number of benzene rings is 1. The van der Waals surface area contributed by atoms with Crippen LogP contribution in [-0.2, 0) is 16.8 Å². The number of H-pyrrole nitrogens is 1.